The summed E-state index contributed by atoms with van der Waals surface area (Å²) in [5.74, 6) is -0.0656. The van der Waals surface area contributed by atoms with E-state index in [0.717, 1.165) is 18.7 Å². The number of aryl methyl sites for hydroxylation is 1. The Morgan fingerprint density at radius 3 is 2.50 bits per heavy atom. The highest BCUT2D eigenvalue weighted by molar-refractivity contribution is 5.80. The molecule has 0 saturated carbocycles. The number of aromatic nitrogens is 1. The maximum atomic E-state index is 12.6. The van der Waals surface area contributed by atoms with Gasteiger partial charge in [-0.15, -0.1) is 0 Å². The summed E-state index contributed by atoms with van der Waals surface area (Å²) < 4.78 is 7.20. The van der Waals surface area contributed by atoms with Crippen molar-refractivity contribution in [2.24, 2.45) is 5.41 Å². The normalized spacial score (nSPS) is 19.9. The molecule has 1 amide bonds. The predicted octanol–water partition coefficient (Wildman–Crippen LogP) is 0.734. The van der Waals surface area contributed by atoms with Crippen LogP contribution in [0.15, 0.2) is 23.0 Å². The first-order chi connectivity index (χ1) is 14.2. The van der Waals surface area contributed by atoms with Crippen molar-refractivity contribution in [3.63, 3.8) is 0 Å². The quantitative estimate of drug-likeness (QED) is 0.551. The highest BCUT2D eigenvalue weighted by atomic mass is 16.6. The molecule has 9 nitrogen and oxygen atoms in total. The first kappa shape index (κ1) is 23.6. The summed E-state index contributed by atoms with van der Waals surface area (Å²) in [6.45, 7) is 3.89. The van der Waals surface area contributed by atoms with Crippen LogP contribution in [0.2, 0.25) is 0 Å². The molecule has 1 atom stereocenters. The average molecular weight is 421 g/mol. The number of likely N-dealkylation sites (tertiary alicyclic amines) is 1. The highest BCUT2D eigenvalue weighted by Gasteiger charge is 2.50. The van der Waals surface area contributed by atoms with Crippen LogP contribution in [-0.4, -0.2) is 77.7 Å². The Morgan fingerprint density at radius 1 is 1.30 bits per heavy atom. The van der Waals surface area contributed by atoms with E-state index < -0.39 is 5.41 Å². The minimum atomic E-state index is -0.426. The van der Waals surface area contributed by atoms with Gasteiger partial charge in [0.1, 0.15) is 6.10 Å². The summed E-state index contributed by atoms with van der Waals surface area (Å²) in [6, 6.07) is 5.11. The van der Waals surface area contributed by atoms with Gasteiger partial charge < -0.3 is 24.2 Å². The van der Waals surface area contributed by atoms with E-state index in [2.05, 4.69) is 0 Å². The molecule has 2 fully saturated rings. The van der Waals surface area contributed by atoms with Crippen LogP contribution in [0.1, 0.15) is 31.4 Å². The molecule has 1 unspecified atom stereocenters. The number of carboxylic acid groups (broad SMARTS) is 1. The number of hydrogen-bond donors (Lipinski definition) is 1. The van der Waals surface area contributed by atoms with E-state index in [-0.39, 0.29) is 30.0 Å². The van der Waals surface area contributed by atoms with Crippen LogP contribution in [0.4, 0.5) is 0 Å². The number of ether oxygens (including phenoxy) is 1. The molecular weight excluding hydrogens is 390 g/mol. The second-order valence-corrected chi connectivity index (χ2v) is 8.17. The summed E-state index contributed by atoms with van der Waals surface area (Å²) >= 11 is 0. The lowest BCUT2D eigenvalue weighted by Crippen LogP contribution is -2.45. The summed E-state index contributed by atoms with van der Waals surface area (Å²) in [4.78, 5) is 49.1. The SMILES string of the molecule is Cc1cccc(=O)n1CCC(=O)N1CCC2(CC1)CC(CN(C)C)OC2=O.O=CO. The van der Waals surface area contributed by atoms with Crippen LogP contribution in [0.5, 0.6) is 0 Å². The highest BCUT2D eigenvalue weighted by Crippen LogP contribution is 2.43. The lowest BCUT2D eigenvalue weighted by atomic mass is 9.76. The molecule has 1 aromatic heterocycles. The topological polar surface area (TPSA) is 109 Å². The van der Waals surface area contributed by atoms with Gasteiger partial charge in [0, 0.05) is 50.8 Å². The number of nitrogens with zero attached hydrogens (tertiary/aromatic N) is 3. The van der Waals surface area contributed by atoms with Gasteiger partial charge in [-0.25, -0.2) is 0 Å². The van der Waals surface area contributed by atoms with E-state index >= 15 is 0 Å². The Morgan fingerprint density at radius 2 is 1.93 bits per heavy atom. The van der Waals surface area contributed by atoms with E-state index in [0.29, 0.717) is 38.9 Å². The summed E-state index contributed by atoms with van der Waals surface area (Å²) in [6.07, 6.45) is 2.30. The average Bonchev–Trinajstić information content (AvgIpc) is 2.96. The van der Waals surface area contributed by atoms with Crippen molar-refractivity contribution in [1.82, 2.24) is 14.4 Å². The molecule has 0 radical (unpaired) electrons. The number of carbonyl (C=O) groups excluding carboxylic acids is 2. The van der Waals surface area contributed by atoms with Crippen molar-refractivity contribution < 1.29 is 24.2 Å². The Hall–Kier alpha value is -2.68. The third-order valence-corrected chi connectivity index (χ3v) is 5.78. The minimum absolute atomic E-state index is 0.0382. The number of cyclic esters (lactones) is 1. The fourth-order valence-corrected chi connectivity index (χ4v) is 4.21. The van der Waals surface area contributed by atoms with Gasteiger partial charge in [-0.05, 0) is 39.9 Å². The van der Waals surface area contributed by atoms with Crippen molar-refractivity contribution >= 4 is 18.3 Å². The van der Waals surface area contributed by atoms with Gasteiger partial charge >= 0.3 is 5.97 Å². The Labute approximate surface area is 176 Å². The van der Waals surface area contributed by atoms with Gasteiger partial charge in [-0.1, -0.05) is 6.07 Å². The zero-order valence-corrected chi connectivity index (χ0v) is 17.9. The van der Waals surface area contributed by atoms with Gasteiger partial charge in [0.15, 0.2) is 0 Å². The van der Waals surface area contributed by atoms with E-state index in [4.69, 9.17) is 14.6 Å². The number of amides is 1. The standard InChI is InChI=1S/C20H29N3O4.CH2O2/c1-15-5-4-6-18(25)23(15)10-7-17(24)22-11-8-20(9-12-22)13-16(14-21(2)3)27-19(20)26;2-1-3/h4-6,16H,7-14H2,1-3H3;1H,(H,2,3). The van der Waals surface area contributed by atoms with Crippen LogP contribution in [0.25, 0.3) is 0 Å². The van der Waals surface area contributed by atoms with E-state index in [9.17, 15) is 14.4 Å². The number of esters is 1. The Bertz CT molecular complexity index is 811. The largest absolute Gasteiger partial charge is 0.483 e. The molecule has 30 heavy (non-hydrogen) atoms. The Kier molecular flexibility index (Phi) is 8.16. The van der Waals surface area contributed by atoms with Crippen molar-refractivity contribution in [1.29, 1.82) is 0 Å². The van der Waals surface area contributed by atoms with Gasteiger partial charge in [0.2, 0.25) is 5.91 Å². The summed E-state index contributed by atoms with van der Waals surface area (Å²) in [5.41, 5.74) is 0.347. The number of carbonyl (C=O) groups is 3. The number of pyridine rings is 1. The first-order valence-corrected chi connectivity index (χ1v) is 10.1. The maximum Gasteiger partial charge on any atom is 0.312 e. The third kappa shape index (κ3) is 5.69. The molecule has 2 aliphatic rings. The summed E-state index contributed by atoms with van der Waals surface area (Å²) in [5, 5.41) is 6.89. The lowest BCUT2D eigenvalue weighted by Gasteiger charge is -2.36. The fraction of sp³-hybridized carbons (Fsp3) is 0.619. The van der Waals surface area contributed by atoms with E-state index in [1.807, 2.05) is 36.9 Å². The number of rotatable bonds is 5. The number of piperidine rings is 1. The number of likely N-dealkylation sites (N-methyl/N-ethyl adjacent to an activating group) is 1. The van der Waals surface area contributed by atoms with Gasteiger partial charge in [-0.2, -0.15) is 0 Å². The van der Waals surface area contributed by atoms with Crippen molar-refractivity contribution in [3.8, 4) is 0 Å². The molecule has 0 aromatic carbocycles. The zero-order valence-electron chi connectivity index (χ0n) is 17.9. The smallest absolute Gasteiger partial charge is 0.312 e. The molecule has 0 aliphatic carbocycles. The monoisotopic (exact) mass is 421 g/mol. The summed E-state index contributed by atoms with van der Waals surface area (Å²) in [7, 11) is 3.94. The molecule has 1 N–H and O–H groups in total. The second-order valence-electron chi connectivity index (χ2n) is 8.17. The van der Waals surface area contributed by atoms with Gasteiger partial charge in [0.05, 0.1) is 5.41 Å². The predicted molar refractivity (Wildman–Crippen MR) is 110 cm³/mol. The minimum Gasteiger partial charge on any atom is -0.483 e. The molecule has 9 heteroatoms. The van der Waals surface area contributed by atoms with Crippen molar-refractivity contribution in [3.05, 3.63) is 34.2 Å². The van der Waals surface area contributed by atoms with Crippen LogP contribution < -0.4 is 5.56 Å². The molecule has 1 spiro atoms. The van der Waals surface area contributed by atoms with E-state index in [1.54, 1.807) is 10.6 Å². The molecule has 3 heterocycles. The molecule has 2 saturated heterocycles. The molecule has 1 aromatic rings. The lowest BCUT2D eigenvalue weighted by molar-refractivity contribution is -0.152. The molecule has 2 aliphatic heterocycles. The van der Waals surface area contributed by atoms with Crippen LogP contribution >= 0.6 is 0 Å². The van der Waals surface area contributed by atoms with Gasteiger partial charge in [-0.3, -0.25) is 19.2 Å². The molecular formula is C21H31N3O6. The second kappa shape index (κ2) is 10.4. The third-order valence-electron chi connectivity index (χ3n) is 5.78. The molecule has 166 valence electrons. The fourth-order valence-electron chi connectivity index (χ4n) is 4.21. The molecule has 0 bridgehead atoms. The number of hydrogen-bond acceptors (Lipinski definition) is 6. The first-order valence-electron chi connectivity index (χ1n) is 10.1. The Balaban J connectivity index is 0.00000101. The maximum absolute atomic E-state index is 12.6. The van der Waals surface area contributed by atoms with E-state index in [1.165, 1.54) is 6.07 Å². The van der Waals surface area contributed by atoms with Crippen LogP contribution in [0, 0.1) is 12.3 Å². The van der Waals surface area contributed by atoms with Crippen LogP contribution in [0.3, 0.4) is 0 Å². The molecule has 3 rings (SSSR count). The van der Waals surface area contributed by atoms with Gasteiger partial charge in [0.25, 0.3) is 12.0 Å². The zero-order chi connectivity index (χ0) is 22.3. The van der Waals surface area contributed by atoms with Crippen molar-refractivity contribution in [2.75, 3.05) is 33.7 Å². The van der Waals surface area contributed by atoms with Crippen molar-refractivity contribution in [2.45, 2.75) is 45.3 Å². The van der Waals surface area contributed by atoms with Crippen LogP contribution in [-0.2, 0) is 25.7 Å².